The largest absolute Gasteiger partial charge is 0.490 e. The highest BCUT2D eigenvalue weighted by atomic mass is 19.1. The summed E-state index contributed by atoms with van der Waals surface area (Å²) in [6.45, 7) is 8.63. The summed E-state index contributed by atoms with van der Waals surface area (Å²) in [6, 6.07) is 19.9. The molecule has 44 heavy (non-hydrogen) atoms. The molecule has 6 rings (SSSR count). The van der Waals surface area contributed by atoms with Gasteiger partial charge in [-0.3, -0.25) is 9.79 Å². The fraction of sp³-hybridized carbons (Fsp3) is 0.306. The zero-order valence-corrected chi connectivity index (χ0v) is 25.5. The second-order valence-corrected chi connectivity index (χ2v) is 12.0. The van der Waals surface area contributed by atoms with Crippen LogP contribution in [0.5, 0.6) is 5.75 Å². The first-order valence-corrected chi connectivity index (χ1v) is 15.3. The molecule has 1 aromatic heterocycles. The normalized spacial score (nSPS) is 15.7. The molecular formula is C36H35BF2N3O2. The van der Waals surface area contributed by atoms with Crippen molar-refractivity contribution in [1.82, 2.24) is 10.3 Å². The van der Waals surface area contributed by atoms with Crippen molar-refractivity contribution in [1.29, 1.82) is 0 Å². The Labute approximate surface area is 258 Å². The minimum atomic E-state index is -0.689. The van der Waals surface area contributed by atoms with Crippen molar-refractivity contribution in [3.8, 4) is 17.0 Å². The zero-order valence-electron chi connectivity index (χ0n) is 25.5. The number of ether oxygens (including phenoxy) is 1. The molecular weight excluding hydrogens is 555 g/mol. The summed E-state index contributed by atoms with van der Waals surface area (Å²) in [5, 5.41) is 3.12. The fourth-order valence-electron chi connectivity index (χ4n) is 5.98. The number of nitrogens with one attached hydrogen (secondary N) is 1. The Kier molecular flexibility index (Phi) is 8.34. The lowest BCUT2D eigenvalue weighted by Crippen LogP contribution is -2.30. The van der Waals surface area contributed by atoms with Gasteiger partial charge in [0.05, 0.1) is 18.0 Å². The van der Waals surface area contributed by atoms with Crippen molar-refractivity contribution in [3.63, 3.8) is 0 Å². The minimum absolute atomic E-state index is 0.0621. The smallest absolute Gasteiger partial charge is 0.251 e. The number of hydrogen-bond donors (Lipinski definition) is 1. The Morgan fingerprint density at radius 2 is 1.86 bits per heavy atom. The van der Waals surface area contributed by atoms with Crippen LogP contribution < -0.4 is 15.5 Å². The van der Waals surface area contributed by atoms with Gasteiger partial charge in [-0.2, -0.15) is 0 Å². The molecule has 0 saturated carbocycles. The molecule has 0 fully saturated rings. The van der Waals surface area contributed by atoms with Crippen LogP contribution in [-0.2, 0) is 0 Å². The average molecular weight is 591 g/mol. The van der Waals surface area contributed by atoms with E-state index >= 15 is 4.39 Å². The van der Waals surface area contributed by atoms with Crippen LogP contribution in [-0.4, -0.2) is 36.9 Å². The highest BCUT2D eigenvalue weighted by Gasteiger charge is 2.30. The van der Waals surface area contributed by atoms with Gasteiger partial charge in [0, 0.05) is 41.1 Å². The third-order valence-electron chi connectivity index (χ3n) is 8.40. The van der Waals surface area contributed by atoms with Gasteiger partial charge in [-0.25, -0.2) is 13.8 Å². The molecule has 5 nitrogen and oxygen atoms in total. The molecule has 2 aliphatic heterocycles. The number of carbonyl (C=O) groups excluding carboxylic acids is 1. The zero-order chi connectivity index (χ0) is 31.0. The molecule has 2 unspecified atom stereocenters. The number of carbonyl (C=O) groups is 1. The van der Waals surface area contributed by atoms with Crippen LogP contribution in [0.25, 0.3) is 11.3 Å². The predicted molar refractivity (Wildman–Crippen MR) is 172 cm³/mol. The number of benzene rings is 3. The van der Waals surface area contributed by atoms with Crippen LogP contribution in [0.3, 0.4) is 0 Å². The molecule has 223 valence electrons. The Morgan fingerprint density at radius 3 is 2.61 bits per heavy atom. The number of fused-ring (bicyclic) bond motifs is 2. The van der Waals surface area contributed by atoms with Gasteiger partial charge < -0.3 is 10.1 Å². The van der Waals surface area contributed by atoms with E-state index in [4.69, 9.17) is 9.72 Å². The number of nitrogens with zero attached hydrogens (tertiary/aromatic N) is 2. The van der Waals surface area contributed by atoms with Gasteiger partial charge in [-0.1, -0.05) is 76.0 Å². The second kappa shape index (κ2) is 12.3. The Hall–Kier alpha value is -4.33. The van der Waals surface area contributed by atoms with E-state index in [9.17, 15) is 9.18 Å². The maximum absolute atomic E-state index is 15.4. The van der Waals surface area contributed by atoms with Crippen molar-refractivity contribution >= 4 is 29.9 Å². The van der Waals surface area contributed by atoms with Crippen molar-refractivity contribution in [2.45, 2.75) is 58.3 Å². The average Bonchev–Trinajstić information content (AvgIpc) is 3.59. The van der Waals surface area contributed by atoms with Crippen LogP contribution >= 0.6 is 0 Å². The molecule has 3 heterocycles. The quantitative estimate of drug-likeness (QED) is 0.207. The van der Waals surface area contributed by atoms with Crippen molar-refractivity contribution < 1.29 is 18.3 Å². The monoisotopic (exact) mass is 590 g/mol. The molecule has 4 aromatic rings. The maximum atomic E-state index is 15.4. The highest BCUT2D eigenvalue weighted by molar-refractivity contribution is 6.88. The molecule has 2 aliphatic rings. The summed E-state index contributed by atoms with van der Waals surface area (Å²) in [7, 11) is 2.04. The van der Waals surface area contributed by atoms with E-state index in [0.29, 0.717) is 34.9 Å². The summed E-state index contributed by atoms with van der Waals surface area (Å²) in [4.78, 5) is 23.1. The number of aliphatic imine (C=N–C) groups is 1. The third-order valence-corrected chi connectivity index (χ3v) is 8.40. The minimum Gasteiger partial charge on any atom is -0.490 e. The van der Waals surface area contributed by atoms with E-state index < -0.39 is 11.6 Å². The van der Waals surface area contributed by atoms with E-state index in [2.05, 4.69) is 24.2 Å². The number of amides is 1. The van der Waals surface area contributed by atoms with Gasteiger partial charge in [0.25, 0.3) is 5.91 Å². The van der Waals surface area contributed by atoms with Crippen LogP contribution in [0.4, 0.5) is 14.5 Å². The van der Waals surface area contributed by atoms with Gasteiger partial charge >= 0.3 is 0 Å². The van der Waals surface area contributed by atoms with Gasteiger partial charge in [0.1, 0.15) is 23.1 Å². The molecule has 1 radical (unpaired) electrons. The lowest BCUT2D eigenvalue weighted by atomic mass is 9.65. The van der Waals surface area contributed by atoms with Gasteiger partial charge in [-0.15, -0.1) is 0 Å². The molecule has 0 aliphatic carbocycles. The van der Waals surface area contributed by atoms with E-state index in [0.717, 1.165) is 46.8 Å². The lowest BCUT2D eigenvalue weighted by Gasteiger charge is -2.21. The molecule has 8 heteroatoms. The fourth-order valence-corrected chi connectivity index (χ4v) is 5.98. The van der Waals surface area contributed by atoms with Crippen LogP contribution in [0.1, 0.15) is 91.0 Å². The third kappa shape index (κ3) is 5.77. The molecule has 0 saturated heterocycles. The predicted octanol–water partition coefficient (Wildman–Crippen LogP) is 7.38. The maximum Gasteiger partial charge on any atom is 0.251 e. The van der Waals surface area contributed by atoms with E-state index in [1.165, 1.54) is 0 Å². The molecule has 2 atom stereocenters. The van der Waals surface area contributed by atoms with Gasteiger partial charge in [0.15, 0.2) is 0 Å². The molecule has 0 bridgehead atoms. The standard InChI is InChI=1S/C36H35BF2N3O2/c1-5-9-33-37-28-14-23(12-13-31(28)41-33)36(43)40-18-27(22-10-7-6-8-11-22)32-16-25-21(4)19-44-35(25)34(42-32)26-15-24(20(2)3)29(38)17-30(26)39/h6-8,10-17,20-21,27H,5,9,18-19H2,1-4H3,(H,40,43). The number of halogens is 2. The second-order valence-electron chi connectivity index (χ2n) is 12.0. The van der Waals surface area contributed by atoms with Gasteiger partial charge in [-0.05, 0) is 53.3 Å². The lowest BCUT2D eigenvalue weighted by molar-refractivity contribution is 0.0952. The molecule has 1 amide bonds. The first-order chi connectivity index (χ1) is 21.2. The topological polar surface area (TPSA) is 63.6 Å². The molecule has 0 spiro atoms. The SMILES string of the molecule is CCCC1=Nc2ccc(C(=O)NCC(c3ccccc3)c3cc4c(c(-c5cc(C(C)C)c(F)cc5F)n3)OCC4C)cc2[B]1. The number of pyridine rings is 1. The van der Waals surface area contributed by atoms with Crippen molar-refractivity contribution in [2.24, 2.45) is 4.99 Å². The van der Waals surface area contributed by atoms with E-state index in [1.54, 1.807) is 12.1 Å². The summed E-state index contributed by atoms with van der Waals surface area (Å²) in [6.07, 6.45) is 1.91. The number of hydrogen-bond acceptors (Lipinski definition) is 4. The summed E-state index contributed by atoms with van der Waals surface area (Å²) in [5.41, 5.74) is 6.94. The number of aromatic nitrogens is 1. The summed E-state index contributed by atoms with van der Waals surface area (Å²) < 4.78 is 36.1. The van der Waals surface area contributed by atoms with Crippen LogP contribution in [0.2, 0.25) is 0 Å². The Morgan fingerprint density at radius 1 is 1.07 bits per heavy atom. The van der Waals surface area contributed by atoms with Crippen LogP contribution in [0, 0.1) is 11.6 Å². The van der Waals surface area contributed by atoms with Crippen molar-refractivity contribution in [2.75, 3.05) is 13.2 Å². The van der Waals surface area contributed by atoms with E-state index in [-0.39, 0.29) is 35.8 Å². The Bertz CT molecular complexity index is 1760. The van der Waals surface area contributed by atoms with Crippen molar-refractivity contribution in [3.05, 3.63) is 106 Å². The summed E-state index contributed by atoms with van der Waals surface area (Å²) >= 11 is 0. The first-order valence-electron chi connectivity index (χ1n) is 15.3. The van der Waals surface area contributed by atoms with Crippen LogP contribution in [0.15, 0.2) is 71.7 Å². The highest BCUT2D eigenvalue weighted by Crippen LogP contribution is 2.44. The Balaban J connectivity index is 1.36. The van der Waals surface area contributed by atoms with Gasteiger partial charge in [0.2, 0.25) is 7.28 Å². The first kappa shape index (κ1) is 29.7. The van der Waals surface area contributed by atoms with E-state index in [1.807, 2.05) is 69.7 Å². The molecule has 3 aromatic carbocycles. The number of rotatable bonds is 9. The molecule has 1 N–H and O–H groups in total. The summed E-state index contributed by atoms with van der Waals surface area (Å²) in [5.74, 6) is -1.35.